The number of nitrogens with zero attached hydrogens (tertiary/aromatic N) is 3. The van der Waals surface area contributed by atoms with Gasteiger partial charge in [0.05, 0.1) is 12.8 Å². The van der Waals surface area contributed by atoms with E-state index in [1.165, 1.54) is 0 Å². The van der Waals surface area contributed by atoms with Crippen molar-refractivity contribution in [2.24, 2.45) is 11.3 Å². The number of para-hydroxylation sites is 1. The van der Waals surface area contributed by atoms with Crippen molar-refractivity contribution < 1.29 is 19.1 Å². The fraction of sp³-hybridized carbons (Fsp3) is 0.333. The summed E-state index contributed by atoms with van der Waals surface area (Å²) in [6, 6.07) is 20.6. The number of benzene rings is 2. The number of methoxy groups -OCH3 is 1. The SMILES string of the molecule is COc1ccc(C[C@]2(CN3C[C@@H]4C[C@H](C3)c3cccc(=O)n3C4)C(=O)NC(=O)N(c3ccccc3)C2=O)cc1. The Morgan fingerprint density at radius 3 is 2.41 bits per heavy atom. The molecule has 3 aliphatic rings. The van der Waals surface area contributed by atoms with Gasteiger partial charge in [0.25, 0.3) is 11.5 Å². The summed E-state index contributed by atoms with van der Waals surface area (Å²) in [7, 11) is 1.58. The number of fused-ring (bicyclic) bond motifs is 4. The molecular weight excluding hydrogens is 496 g/mol. The number of carbonyl (C=O) groups is 3. The smallest absolute Gasteiger partial charge is 0.335 e. The molecule has 1 aromatic heterocycles. The third-order valence-electron chi connectivity index (χ3n) is 8.20. The van der Waals surface area contributed by atoms with Gasteiger partial charge in [0.1, 0.15) is 11.2 Å². The fourth-order valence-electron chi connectivity index (χ4n) is 6.44. The first kappa shape index (κ1) is 25.1. The van der Waals surface area contributed by atoms with Crippen molar-refractivity contribution in [3.8, 4) is 5.75 Å². The third kappa shape index (κ3) is 4.42. The van der Waals surface area contributed by atoms with E-state index >= 15 is 0 Å². The Morgan fingerprint density at radius 2 is 1.67 bits per heavy atom. The molecule has 3 aromatic rings. The van der Waals surface area contributed by atoms with Crippen LogP contribution in [0, 0.1) is 11.3 Å². The minimum Gasteiger partial charge on any atom is -0.497 e. The number of piperidine rings is 1. The number of barbiturate groups is 1. The number of pyridine rings is 1. The maximum Gasteiger partial charge on any atom is 0.335 e. The summed E-state index contributed by atoms with van der Waals surface area (Å²) in [6.45, 7) is 2.04. The number of nitrogens with one attached hydrogen (secondary N) is 1. The lowest BCUT2D eigenvalue weighted by Crippen LogP contribution is -2.68. The molecule has 6 rings (SSSR count). The van der Waals surface area contributed by atoms with Crippen molar-refractivity contribution in [3.63, 3.8) is 0 Å². The number of rotatable bonds is 6. The van der Waals surface area contributed by atoms with E-state index in [1.807, 2.05) is 22.8 Å². The Bertz CT molecular complexity index is 1490. The van der Waals surface area contributed by atoms with E-state index in [0.29, 0.717) is 31.1 Å². The highest BCUT2D eigenvalue weighted by atomic mass is 16.5. The highest BCUT2D eigenvalue weighted by Gasteiger charge is 2.55. The molecule has 0 radical (unpaired) electrons. The monoisotopic (exact) mass is 526 g/mol. The van der Waals surface area contributed by atoms with Gasteiger partial charge in [-0.05, 0) is 54.7 Å². The van der Waals surface area contributed by atoms with Crippen molar-refractivity contribution >= 4 is 23.5 Å². The molecule has 4 amide bonds. The van der Waals surface area contributed by atoms with Crippen LogP contribution in [0.15, 0.2) is 77.6 Å². The Kier molecular flexibility index (Phi) is 6.31. The molecule has 39 heavy (non-hydrogen) atoms. The average molecular weight is 527 g/mol. The van der Waals surface area contributed by atoms with Crippen molar-refractivity contribution in [3.05, 3.63) is 94.4 Å². The maximum absolute atomic E-state index is 14.3. The van der Waals surface area contributed by atoms with E-state index in [9.17, 15) is 19.2 Å². The predicted octanol–water partition coefficient (Wildman–Crippen LogP) is 2.79. The molecule has 9 heteroatoms. The Labute approximate surface area is 226 Å². The zero-order valence-corrected chi connectivity index (χ0v) is 21.7. The van der Waals surface area contributed by atoms with Crippen molar-refractivity contribution in [2.45, 2.75) is 25.3 Å². The second-order valence-electron chi connectivity index (χ2n) is 10.7. The van der Waals surface area contributed by atoms with Crippen LogP contribution in [0.2, 0.25) is 0 Å². The molecule has 2 fully saturated rings. The van der Waals surface area contributed by atoms with Crippen LogP contribution in [0.3, 0.4) is 0 Å². The van der Waals surface area contributed by atoms with Crippen LogP contribution in [-0.2, 0) is 22.6 Å². The minimum absolute atomic E-state index is 0.00507. The van der Waals surface area contributed by atoms with E-state index in [0.717, 1.165) is 22.6 Å². The van der Waals surface area contributed by atoms with E-state index in [-0.39, 0.29) is 30.4 Å². The molecule has 0 spiro atoms. The molecule has 0 saturated carbocycles. The summed E-state index contributed by atoms with van der Waals surface area (Å²) in [5.41, 5.74) is 0.671. The molecule has 3 atom stereocenters. The maximum atomic E-state index is 14.3. The molecule has 9 nitrogen and oxygen atoms in total. The number of amides is 4. The number of hydrogen-bond acceptors (Lipinski definition) is 6. The van der Waals surface area contributed by atoms with Gasteiger partial charge < -0.3 is 14.2 Å². The van der Waals surface area contributed by atoms with Gasteiger partial charge in [-0.3, -0.25) is 19.7 Å². The highest BCUT2D eigenvalue weighted by molar-refractivity contribution is 6.30. The lowest BCUT2D eigenvalue weighted by Gasteiger charge is -2.47. The van der Waals surface area contributed by atoms with Gasteiger partial charge in [0.15, 0.2) is 0 Å². The predicted molar refractivity (Wildman–Crippen MR) is 145 cm³/mol. The molecule has 2 aromatic carbocycles. The average Bonchev–Trinajstić information content (AvgIpc) is 2.93. The number of carbonyl (C=O) groups excluding carboxylic acids is 3. The summed E-state index contributed by atoms with van der Waals surface area (Å²) in [5.74, 6) is -0.106. The third-order valence-corrected chi connectivity index (χ3v) is 8.20. The lowest BCUT2D eigenvalue weighted by atomic mass is 9.75. The van der Waals surface area contributed by atoms with Crippen molar-refractivity contribution in [2.75, 3.05) is 31.6 Å². The second-order valence-corrected chi connectivity index (χ2v) is 10.7. The molecule has 2 saturated heterocycles. The second kappa shape index (κ2) is 9.81. The standard InChI is InChI=1S/C30H30N4O5/c1-39-24-12-10-20(11-13-24)15-30(27(36)31-29(38)34(28(30)37)23-6-3-2-4-7-23)19-32-16-21-14-22(18-32)25-8-5-9-26(35)33(25)17-21/h2-13,21-22H,14-19H2,1H3,(H,31,36,38)/t21-,22+,30-/m0/s1. The largest absolute Gasteiger partial charge is 0.497 e. The van der Waals surface area contributed by atoms with Crippen LogP contribution in [0.1, 0.15) is 23.6 Å². The summed E-state index contributed by atoms with van der Waals surface area (Å²) in [4.78, 5) is 56.7. The molecule has 4 heterocycles. The minimum atomic E-state index is -1.53. The highest BCUT2D eigenvalue weighted by Crippen LogP contribution is 2.39. The normalized spacial score (nSPS) is 24.7. The summed E-state index contributed by atoms with van der Waals surface area (Å²) >= 11 is 0. The zero-order valence-electron chi connectivity index (χ0n) is 21.7. The number of imide groups is 2. The van der Waals surface area contributed by atoms with Crippen LogP contribution >= 0.6 is 0 Å². The van der Waals surface area contributed by atoms with Gasteiger partial charge in [-0.15, -0.1) is 0 Å². The van der Waals surface area contributed by atoms with Crippen molar-refractivity contribution in [1.82, 2.24) is 14.8 Å². The molecule has 2 bridgehead atoms. The van der Waals surface area contributed by atoms with Gasteiger partial charge in [0.2, 0.25) is 5.91 Å². The Hall–Kier alpha value is -4.24. The van der Waals surface area contributed by atoms with Crippen LogP contribution < -0.4 is 20.5 Å². The molecular formula is C30H30N4O5. The van der Waals surface area contributed by atoms with Crippen molar-refractivity contribution in [1.29, 1.82) is 0 Å². The first-order valence-electron chi connectivity index (χ1n) is 13.2. The summed E-state index contributed by atoms with van der Waals surface area (Å²) < 4.78 is 7.14. The van der Waals surface area contributed by atoms with Gasteiger partial charge >= 0.3 is 6.03 Å². The molecule has 0 unspecified atom stereocenters. The molecule has 200 valence electrons. The summed E-state index contributed by atoms with van der Waals surface area (Å²) in [5, 5.41) is 2.49. The Morgan fingerprint density at radius 1 is 0.897 bits per heavy atom. The number of likely N-dealkylation sites (tertiary alicyclic amines) is 1. The number of hydrogen-bond donors (Lipinski definition) is 1. The van der Waals surface area contributed by atoms with Crippen LogP contribution in [0.5, 0.6) is 5.75 Å². The van der Waals surface area contributed by atoms with Crippen LogP contribution in [0.25, 0.3) is 0 Å². The van der Waals surface area contributed by atoms with Gasteiger partial charge in [0, 0.05) is 43.9 Å². The molecule has 0 aliphatic carbocycles. The number of anilines is 1. The van der Waals surface area contributed by atoms with Crippen LogP contribution in [-0.4, -0.2) is 54.1 Å². The first-order chi connectivity index (χ1) is 18.9. The Balaban J connectivity index is 1.37. The summed E-state index contributed by atoms with van der Waals surface area (Å²) in [6.07, 6.45) is 1.08. The van der Waals surface area contributed by atoms with E-state index < -0.39 is 23.3 Å². The van der Waals surface area contributed by atoms with Gasteiger partial charge in [-0.1, -0.05) is 36.4 Å². The molecule has 1 N–H and O–H groups in total. The number of aromatic nitrogens is 1. The van der Waals surface area contributed by atoms with Crippen LogP contribution in [0.4, 0.5) is 10.5 Å². The number of urea groups is 1. The fourth-order valence-corrected chi connectivity index (χ4v) is 6.44. The molecule has 3 aliphatic heterocycles. The first-order valence-corrected chi connectivity index (χ1v) is 13.2. The lowest BCUT2D eigenvalue weighted by molar-refractivity contribution is -0.144. The van der Waals surface area contributed by atoms with E-state index in [1.54, 1.807) is 61.7 Å². The topological polar surface area (TPSA) is 101 Å². The zero-order chi connectivity index (χ0) is 27.1. The van der Waals surface area contributed by atoms with E-state index in [2.05, 4.69) is 10.2 Å². The number of ether oxygens (including phenoxy) is 1. The van der Waals surface area contributed by atoms with Gasteiger partial charge in [-0.25, -0.2) is 9.69 Å². The van der Waals surface area contributed by atoms with Gasteiger partial charge in [-0.2, -0.15) is 0 Å². The van der Waals surface area contributed by atoms with E-state index in [4.69, 9.17) is 4.74 Å². The quantitative estimate of drug-likeness (QED) is 0.496.